The van der Waals surface area contributed by atoms with Crippen LogP contribution in [-0.2, 0) is 35.1 Å². The van der Waals surface area contributed by atoms with Gasteiger partial charge in [0.2, 0.25) is 5.91 Å². The van der Waals surface area contributed by atoms with Crippen molar-refractivity contribution in [2.75, 3.05) is 13.7 Å². The molecule has 0 unspecified atom stereocenters. The van der Waals surface area contributed by atoms with E-state index < -0.39 is 47.5 Å². The van der Waals surface area contributed by atoms with Gasteiger partial charge < -0.3 is 30.4 Å². The minimum absolute atomic E-state index is 0.00287. The number of hydrogen-bond donors (Lipinski definition) is 3. The Morgan fingerprint density at radius 2 is 1.72 bits per heavy atom. The number of nitrogens with two attached hydrogens (primary N) is 1. The number of amides is 1. The molecule has 2 rings (SSSR count). The Bertz CT molecular complexity index is 1410. The number of rotatable bonds is 18. The van der Waals surface area contributed by atoms with Crippen LogP contribution in [-0.4, -0.2) is 60.8 Å². The predicted octanol–water partition coefficient (Wildman–Crippen LogP) is 5.61. The third-order valence-corrected chi connectivity index (χ3v) is 7.71. The molecule has 4 atom stereocenters. The average molecular weight is 671 g/mol. The zero-order chi connectivity index (χ0) is 35.1. The summed E-state index contributed by atoms with van der Waals surface area (Å²) in [5.74, 6) is -2.99. The number of aliphatic carboxylic acids is 1. The molecule has 0 aliphatic carbocycles. The molecule has 0 saturated carbocycles. The maximum Gasteiger partial charge on any atom is 0.347 e. The molecule has 0 heterocycles. The lowest BCUT2D eigenvalue weighted by molar-refractivity contribution is -0.178. The zero-order valence-electron chi connectivity index (χ0n) is 27.9. The number of hydrogen-bond acceptors (Lipinski definition) is 8. The van der Waals surface area contributed by atoms with E-state index >= 15 is 0 Å². The van der Waals surface area contributed by atoms with E-state index in [9.17, 15) is 24.3 Å². The van der Waals surface area contributed by atoms with Crippen LogP contribution in [0.1, 0.15) is 58.6 Å². The van der Waals surface area contributed by atoms with Gasteiger partial charge in [0, 0.05) is 25.3 Å². The molecular formula is C36H47ClN2O8. The van der Waals surface area contributed by atoms with Crippen LogP contribution in [0.15, 0.2) is 66.8 Å². The summed E-state index contributed by atoms with van der Waals surface area (Å²) in [6.07, 6.45) is 5.02. The summed E-state index contributed by atoms with van der Waals surface area (Å²) in [5, 5.41) is 12.5. The number of esters is 2. The van der Waals surface area contributed by atoms with Gasteiger partial charge in [-0.05, 0) is 55.5 Å². The first kappa shape index (κ1) is 39.0. The molecule has 256 valence electrons. The first-order chi connectivity index (χ1) is 22.2. The lowest BCUT2D eigenvalue weighted by atomic mass is 9.94. The van der Waals surface area contributed by atoms with Crippen molar-refractivity contribution in [1.82, 2.24) is 5.32 Å². The Morgan fingerprint density at radius 1 is 1.04 bits per heavy atom. The van der Waals surface area contributed by atoms with Gasteiger partial charge in [-0.2, -0.15) is 0 Å². The number of halogens is 1. The normalized spacial score (nSPS) is 14.4. The van der Waals surface area contributed by atoms with Crippen LogP contribution in [0.2, 0.25) is 5.02 Å². The number of carboxylic acids is 1. The molecule has 2 aromatic carbocycles. The smallest absolute Gasteiger partial charge is 0.347 e. The summed E-state index contributed by atoms with van der Waals surface area (Å²) in [5.41, 5.74) is 6.31. The Labute approximate surface area is 282 Å². The Balaban J connectivity index is 2.22. The van der Waals surface area contributed by atoms with Crippen LogP contribution in [0.5, 0.6) is 5.75 Å². The number of carbonyl (C=O) groups excluding carboxylic acids is 3. The van der Waals surface area contributed by atoms with E-state index in [1.165, 1.54) is 19.3 Å². The van der Waals surface area contributed by atoms with Crippen LogP contribution in [0.25, 0.3) is 6.08 Å². The second-order valence-electron chi connectivity index (χ2n) is 12.4. The summed E-state index contributed by atoms with van der Waals surface area (Å²) >= 11 is 6.17. The van der Waals surface area contributed by atoms with E-state index in [0.29, 0.717) is 16.3 Å². The van der Waals surface area contributed by atoms with Crippen LogP contribution in [0.4, 0.5) is 0 Å². The fraction of sp³-hybridized carbons (Fsp3) is 0.444. The highest BCUT2D eigenvalue weighted by molar-refractivity contribution is 6.32. The van der Waals surface area contributed by atoms with E-state index in [2.05, 4.69) is 5.32 Å². The highest BCUT2D eigenvalue weighted by Gasteiger charge is 2.35. The van der Waals surface area contributed by atoms with Gasteiger partial charge >= 0.3 is 17.9 Å². The standard InChI is InChI=1S/C36H47ClN2O8/c1-23(2)19-31(47-35(44)36(4,5)22-38)34(43)46-29(24(3)15-16-25-11-8-7-9-12-25)13-10-14-32(40)39-28(33(41)42)21-26-17-18-30(45-6)27(37)20-26/h7-12,14-18,20,23-24,28-29,31H,13,19,21-22,38H2,1-6H3,(H,39,40)(H,41,42)/t24-,28-,29+,31+/m1/s1. The van der Waals surface area contributed by atoms with Crippen molar-refractivity contribution in [1.29, 1.82) is 0 Å². The van der Waals surface area contributed by atoms with Crippen LogP contribution < -0.4 is 15.8 Å². The lowest BCUT2D eigenvalue weighted by Gasteiger charge is -2.27. The monoisotopic (exact) mass is 670 g/mol. The minimum Gasteiger partial charge on any atom is -0.495 e. The van der Waals surface area contributed by atoms with Gasteiger partial charge in [-0.1, -0.05) is 87.0 Å². The topological polar surface area (TPSA) is 154 Å². The van der Waals surface area contributed by atoms with Gasteiger partial charge in [0.15, 0.2) is 6.10 Å². The average Bonchev–Trinajstić information content (AvgIpc) is 3.02. The van der Waals surface area contributed by atoms with Gasteiger partial charge in [-0.3, -0.25) is 9.59 Å². The quantitative estimate of drug-likeness (QED) is 0.136. The van der Waals surface area contributed by atoms with E-state index in [4.69, 9.17) is 31.5 Å². The fourth-order valence-corrected chi connectivity index (χ4v) is 4.62. The molecule has 4 N–H and O–H groups in total. The Morgan fingerprint density at radius 3 is 2.30 bits per heavy atom. The maximum atomic E-state index is 13.4. The summed E-state index contributed by atoms with van der Waals surface area (Å²) < 4.78 is 16.7. The third kappa shape index (κ3) is 13.2. The largest absolute Gasteiger partial charge is 0.495 e. The molecule has 10 nitrogen and oxygen atoms in total. The number of methoxy groups -OCH3 is 1. The molecule has 0 aromatic heterocycles. The third-order valence-electron chi connectivity index (χ3n) is 7.41. The molecule has 0 fully saturated rings. The van der Waals surface area contributed by atoms with Crippen LogP contribution in [0, 0.1) is 17.3 Å². The molecule has 0 radical (unpaired) electrons. The fourth-order valence-electron chi connectivity index (χ4n) is 4.34. The van der Waals surface area contributed by atoms with Crippen molar-refractivity contribution in [3.8, 4) is 5.75 Å². The molecule has 0 aliphatic rings. The first-order valence-corrected chi connectivity index (χ1v) is 15.9. The second-order valence-corrected chi connectivity index (χ2v) is 12.8. The number of benzene rings is 2. The van der Waals surface area contributed by atoms with E-state index in [-0.39, 0.29) is 37.6 Å². The number of carboxylic acid groups (broad SMARTS) is 1. The number of ether oxygens (including phenoxy) is 3. The van der Waals surface area contributed by atoms with Crippen molar-refractivity contribution in [2.24, 2.45) is 23.0 Å². The van der Waals surface area contributed by atoms with Gasteiger partial charge in [0.25, 0.3) is 0 Å². The molecule has 1 amide bonds. The van der Waals surface area contributed by atoms with Crippen molar-refractivity contribution in [2.45, 2.75) is 72.1 Å². The molecule has 2 aromatic rings. The summed E-state index contributed by atoms with van der Waals surface area (Å²) in [4.78, 5) is 50.9. The van der Waals surface area contributed by atoms with Crippen molar-refractivity contribution < 1.29 is 38.5 Å². The predicted molar refractivity (Wildman–Crippen MR) is 182 cm³/mol. The molecular weight excluding hydrogens is 624 g/mol. The van der Waals surface area contributed by atoms with Crippen molar-refractivity contribution >= 4 is 41.5 Å². The van der Waals surface area contributed by atoms with E-state index in [1.807, 2.05) is 63.3 Å². The van der Waals surface area contributed by atoms with E-state index in [0.717, 1.165) is 5.56 Å². The second kappa shape index (κ2) is 18.9. The molecule has 0 spiro atoms. The Hall–Kier alpha value is -4.15. The van der Waals surface area contributed by atoms with Crippen LogP contribution >= 0.6 is 11.6 Å². The Kier molecular flexibility index (Phi) is 15.7. The minimum atomic E-state index is -1.22. The van der Waals surface area contributed by atoms with Crippen LogP contribution in [0.3, 0.4) is 0 Å². The zero-order valence-corrected chi connectivity index (χ0v) is 28.7. The van der Waals surface area contributed by atoms with E-state index in [1.54, 1.807) is 32.0 Å². The van der Waals surface area contributed by atoms with Gasteiger partial charge in [-0.15, -0.1) is 0 Å². The highest BCUT2D eigenvalue weighted by atomic mass is 35.5. The van der Waals surface area contributed by atoms with Crippen molar-refractivity contribution in [3.05, 3.63) is 82.9 Å². The van der Waals surface area contributed by atoms with Crippen molar-refractivity contribution in [3.63, 3.8) is 0 Å². The molecule has 47 heavy (non-hydrogen) atoms. The molecule has 11 heteroatoms. The summed E-state index contributed by atoms with van der Waals surface area (Å²) in [6.45, 7) is 9.00. The van der Waals surface area contributed by atoms with Gasteiger partial charge in [0.05, 0.1) is 17.5 Å². The van der Waals surface area contributed by atoms with Gasteiger partial charge in [-0.25, -0.2) is 9.59 Å². The number of carbonyl (C=O) groups is 4. The lowest BCUT2D eigenvalue weighted by Crippen LogP contribution is -2.41. The molecule has 0 bridgehead atoms. The highest BCUT2D eigenvalue weighted by Crippen LogP contribution is 2.26. The molecule has 0 aliphatic heterocycles. The maximum absolute atomic E-state index is 13.4. The van der Waals surface area contributed by atoms with Gasteiger partial charge in [0.1, 0.15) is 17.9 Å². The molecule has 0 saturated heterocycles. The number of nitrogens with one attached hydrogen (secondary N) is 1. The summed E-state index contributed by atoms with van der Waals surface area (Å²) in [6, 6.07) is 13.3. The summed E-state index contributed by atoms with van der Waals surface area (Å²) in [7, 11) is 1.47. The first-order valence-electron chi connectivity index (χ1n) is 15.5. The SMILES string of the molecule is COc1ccc(C[C@@H](NC(=O)C=CC[C@H](OC(=O)[C@H](CC(C)C)OC(=O)C(C)(C)CN)[C@H](C)C=Cc2ccccc2)C(=O)O)cc1Cl.